The van der Waals surface area contributed by atoms with Crippen molar-refractivity contribution in [1.29, 1.82) is 0 Å². The number of carbonyl (C=O) groups excluding carboxylic acids is 1. The predicted molar refractivity (Wildman–Crippen MR) is 86.9 cm³/mol. The maximum Gasteiger partial charge on any atom is 0.255 e. The highest BCUT2D eigenvalue weighted by Crippen LogP contribution is 2.26. The highest BCUT2D eigenvalue weighted by molar-refractivity contribution is 6.31. The molecular formula is C17H18ClNO3. The first-order valence-electron chi connectivity index (χ1n) is 6.84. The Hall–Kier alpha value is -2.20. The topological polar surface area (TPSA) is 47.6 Å². The van der Waals surface area contributed by atoms with Crippen LogP contribution in [0.15, 0.2) is 42.5 Å². The Morgan fingerprint density at radius 1 is 1.09 bits per heavy atom. The molecule has 4 nitrogen and oxygen atoms in total. The molecule has 1 unspecified atom stereocenters. The number of hydrogen-bond donors (Lipinski definition) is 1. The average molecular weight is 320 g/mol. The molecular weight excluding hydrogens is 302 g/mol. The Kier molecular flexibility index (Phi) is 5.28. The van der Waals surface area contributed by atoms with Gasteiger partial charge in [0.25, 0.3) is 5.91 Å². The Bertz CT molecular complexity index is 673. The zero-order valence-corrected chi connectivity index (χ0v) is 13.5. The van der Waals surface area contributed by atoms with Crippen LogP contribution in [0.1, 0.15) is 28.9 Å². The van der Waals surface area contributed by atoms with Crippen LogP contribution in [0, 0.1) is 0 Å². The molecule has 0 bridgehead atoms. The van der Waals surface area contributed by atoms with Crippen molar-refractivity contribution in [2.75, 3.05) is 14.2 Å². The van der Waals surface area contributed by atoms with Gasteiger partial charge in [-0.25, -0.2) is 0 Å². The van der Waals surface area contributed by atoms with Gasteiger partial charge < -0.3 is 14.8 Å². The number of rotatable bonds is 5. The summed E-state index contributed by atoms with van der Waals surface area (Å²) in [6.07, 6.45) is 0. The summed E-state index contributed by atoms with van der Waals surface area (Å²) in [5.74, 6) is 0.959. The Morgan fingerprint density at radius 2 is 1.77 bits per heavy atom. The van der Waals surface area contributed by atoms with E-state index in [4.69, 9.17) is 21.1 Å². The monoisotopic (exact) mass is 319 g/mol. The highest BCUT2D eigenvalue weighted by Gasteiger charge is 2.18. The summed E-state index contributed by atoms with van der Waals surface area (Å²) < 4.78 is 10.5. The molecule has 0 aromatic heterocycles. The molecule has 0 aliphatic rings. The summed E-state index contributed by atoms with van der Waals surface area (Å²) in [6.45, 7) is 1.90. The van der Waals surface area contributed by atoms with E-state index in [1.165, 1.54) is 7.11 Å². The van der Waals surface area contributed by atoms with Gasteiger partial charge >= 0.3 is 0 Å². The smallest absolute Gasteiger partial charge is 0.255 e. The van der Waals surface area contributed by atoms with Crippen LogP contribution in [-0.4, -0.2) is 20.1 Å². The zero-order valence-electron chi connectivity index (χ0n) is 12.7. The largest absolute Gasteiger partial charge is 0.496 e. The molecule has 1 N–H and O–H groups in total. The second kappa shape index (κ2) is 7.18. The SMILES string of the molecule is COc1ccc(Cl)cc1C(=O)NC(C)c1ccccc1OC. The number of amides is 1. The van der Waals surface area contributed by atoms with Crippen LogP contribution in [-0.2, 0) is 0 Å². The molecule has 116 valence electrons. The van der Waals surface area contributed by atoms with Gasteiger partial charge in [0.15, 0.2) is 0 Å². The fourth-order valence-electron chi connectivity index (χ4n) is 2.23. The van der Waals surface area contributed by atoms with Crippen LogP contribution in [0.3, 0.4) is 0 Å². The van der Waals surface area contributed by atoms with E-state index in [-0.39, 0.29) is 11.9 Å². The maximum atomic E-state index is 12.5. The fraction of sp³-hybridized carbons (Fsp3) is 0.235. The molecule has 0 aliphatic carbocycles. The van der Waals surface area contributed by atoms with E-state index >= 15 is 0 Å². The van der Waals surface area contributed by atoms with E-state index < -0.39 is 0 Å². The van der Waals surface area contributed by atoms with Gasteiger partial charge in [0.2, 0.25) is 0 Å². The molecule has 2 aromatic rings. The molecule has 0 heterocycles. The van der Waals surface area contributed by atoms with Gasteiger partial charge in [-0.3, -0.25) is 4.79 Å². The summed E-state index contributed by atoms with van der Waals surface area (Å²) in [5.41, 5.74) is 1.30. The van der Waals surface area contributed by atoms with Gasteiger partial charge in [-0.15, -0.1) is 0 Å². The molecule has 0 spiro atoms. The lowest BCUT2D eigenvalue weighted by Gasteiger charge is -2.18. The summed E-state index contributed by atoms with van der Waals surface area (Å²) in [5, 5.41) is 3.41. The van der Waals surface area contributed by atoms with Gasteiger partial charge in [0.05, 0.1) is 25.8 Å². The third-order valence-electron chi connectivity index (χ3n) is 3.36. The minimum atomic E-state index is -0.252. The van der Waals surface area contributed by atoms with Gasteiger partial charge in [0, 0.05) is 10.6 Å². The number of carbonyl (C=O) groups is 1. The summed E-state index contributed by atoms with van der Waals surface area (Å²) in [7, 11) is 3.12. The standard InChI is InChI=1S/C17H18ClNO3/c1-11(13-6-4-5-7-15(13)21-2)19-17(20)14-10-12(18)8-9-16(14)22-3/h4-11H,1-3H3,(H,19,20). The van der Waals surface area contributed by atoms with Crippen molar-refractivity contribution in [3.8, 4) is 11.5 Å². The molecule has 2 aromatic carbocycles. The molecule has 1 amide bonds. The third kappa shape index (κ3) is 3.52. The van der Waals surface area contributed by atoms with E-state index in [0.29, 0.717) is 16.3 Å². The van der Waals surface area contributed by atoms with Crippen LogP contribution in [0.2, 0.25) is 5.02 Å². The Balaban J connectivity index is 2.23. The van der Waals surface area contributed by atoms with Crippen LogP contribution in [0.5, 0.6) is 11.5 Å². The normalized spacial score (nSPS) is 11.6. The highest BCUT2D eigenvalue weighted by atomic mass is 35.5. The molecule has 0 fully saturated rings. The lowest BCUT2D eigenvalue weighted by atomic mass is 10.1. The molecule has 0 radical (unpaired) electrons. The number of halogens is 1. The zero-order chi connectivity index (χ0) is 16.1. The van der Waals surface area contributed by atoms with E-state index in [1.54, 1.807) is 25.3 Å². The van der Waals surface area contributed by atoms with Crippen molar-refractivity contribution in [2.45, 2.75) is 13.0 Å². The quantitative estimate of drug-likeness (QED) is 0.910. The molecule has 0 aliphatic heterocycles. The Morgan fingerprint density at radius 3 is 2.45 bits per heavy atom. The van der Waals surface area contributed by atoms with E-state index in [9.17, 15) is 4.79 Å². The number of methoxy groups -OCH3 is 2. The summed E-state index contributed by atoms with van der Waals surface area (Å²) >= 11 is 5.96. The molecule has 0 saturated heterocycles. The van der Waals surface area contributed by atoms with Crippen LogP contribution < -0.4 is 14.8 Å². The van der Waals surface area contributed by atoms with E-state index in [1.807, 2.05) is 31.2 Å². The maximum absolute atomic E-state index is 12.5. The van der Waals surface area contributed by atoms with Crippen molar-refractivity contribution >= 4 is 17.5 Å². The van der Waals surface area contributed by atoms with Crippen molar-refractivity contribution < 1.29 is 14.3 Å². The lowest BCUT2D eigenvalue weighted by molar-refractivity contribution is 0.0936. The number of benzene rings is 2. The van der Waals surface area contributed by atoms with Gasteiger partial charge in [-0.2, -0.15) is 0 Å². The molecule has 22 heavy (non-hydrogen) atoms. The third-order valence-corrected chi connectivity index (χ3v) is 3.59. The number of hydrogen-bond acceptors (Lipinski definition) is 3. The van der Waals surface area contributed by atoms with E-state index in [0.717, 1.165) is 11.3 Å². The summed E-state index contributed by atoms with van der Waals surface area (Å²) in [6, 6.07) is 12.3. The summed E-state index contributed by atoms with van der Waals surface area (Å²) in [4.78, 5) is 12.5. The first kappa shape index (κ1) is 16.2. The number of nitrogens with one attached hydrogen (secondary N) is 1. The average Bonchev–Trinajstić information content (AvgIpc) is 2.54. The van der Waals surface area contributed by atoms with Crippen molar-refractivity contribution in [2.24, 2.45) is 0 Å². The van der Waals surface area contributed by atoms with Gasteiger partial charge in [-0.1, -0.05) is 29.8 Å². The second-order valence-corrected chi connectivity index (χ2v) is 5.22. The van der Waals surface area contributed by atoms with Crippen LogP contribution in [0.25, 0.3) is 0 Å². The molecule has 0 saturated carbocycles. The van der Waals surface area contributed by atoms with Gasteiger partial charge in [0.1, 0.15) is 11.5 Å². The minimum absolute atomic E-state index is 0.215. The van der Waals surface area contributed by atoms with Crippen molar-refractivity contribution in [3.63, 3.8) is 0 Å². The molecule has 1 atom stereocenters. The van der Waals surface area contributed by atoms with Crippen LogP contribution in [0.4, 0.5) is 0 Å². The molecule has 2 rings (SSSR count). The Labute approximate surface area is 135 Å². The predicted octanol–water partition coefficient (Wildman–Crippen LogP) is 3.85. The number of ether oxygens (including phenoxy) is 2. The number of para-hydroxylation sites is 1. The van der Waals surface area contributed by atoms with Gasteiger partial charge in [-0.05, 0) is 31.2 Å². The van der Waals surface area contributed by atoms with Crippen molar-refractivity contribution in [3.05, 3.63) is 58.6 Å². The lowest BCUT2D eigenvalue weighted by Crippen LogP contribution is -2.27. The first-order chi connectivity index (χ1) is 10.6. The minimum Gasteiger partial charge on any atom is -0.496 e. The van der Waals surface area contributed by atoms with Crippen LogP contribution >= 0.6 is 11.6 Å². The van der Waals surface area contributed by atoms with E-state index in [2.05, 4.69) is 5.32 Å². The molecule has 5 heteroatoms. The second-order valence-electron chi connectivity index (χ2n) is 4.78. The first-order valence-corrected chi connectivity index (χ1v) is 7.22. The fourth-order valence-corrected chi connectivity index (χ4v) is 2.41. The van der Waals surface area contributed by atoms with Crippen molar-refractivity contribution in [1.82, 2.24) is 5.32 Å².